The largest absolute Gasteiger partial charge is 0.511 e. The van der Waals surface area contributed by atoms with E-state index in [0.29, 0.717) is 42.1 Å². The number of hydrogen-bond donors (Lipinski definition) is 1. The zero-order valence-electron chi connectivity index (χ0n) is 28.7. The standard InChI is InChI=1S/C40H38FN3O8/c1-26(2)49-39(48)51-34(23-27-9-5-3-6-10-27)50-38(47)40(37(45)46)19-21-44(22-20-40)25-28-13-15-30(16-14-28)35-42-36(52-43-35)31-17-18-32(33(41)24-31)29-11-7-4-8-12-29/h3-18,24,26,34H,19-23,25H2,1-2H3,(H,45,46). The molecule has 6 rings (SSSR count). The average molecular weight is 708 g/mol. The Hall–Kier alpha value is -5.88. The molecule has 4 aromatic carbocycles. The Morgan fingerprint density at radius 3 is 2.12 bits per heavy atom. The summed E-state index contributed by atoms with van der Waals surface area (Å²) < 4.78 is 36.3. The van der Waals surface area contributed by atoms with E-state index in [4.69, 9.17) is 18.7 Å². The van der Waals surface area contributed by atoms with Crippen molar-refractivity contribution in [3.8, 4) is 34.0 Å². The lowest BCUT2D eigenvalue weighted by atomic mass is 9.78. The van der Waals surface area contributed by atoms with Crippen LogP contribution < -0.4 is 0 Å². The molecule has 1 aliphatic heterocycles. The number of ether oxygens (including phenoxy) is 3. The van der Waals surface area contributed by atoms with E-state index in [-0.39, 0.29) is 25.2 Å². The minimum atomic E-state index is -1.80. The molecule has 1 unspecified atom stereocenters. The second-order valence-electron chi connectivity index (χ2n) is 12.9. The fourth-order valence-electron chi connectivity index (χ4n) is 6.05. The summed E-state index contributed by atoms with van der Waals surface area (Å²) in [5.41, 5.74) is 2.30. The molecule has 0 bridgehead atoms. The Morgan fingerprint density at radius 2 is 1.48 bits per heavy atom. The fraction of sp³-hybridized carbons (Fsp3) is 0.275. The maximum absolute atomic E-state index is 14.9. The molecule has 0 amide bonds. The normalized spacial score (nSPS) is 14.8. The third kappa shape index (κ3) is 8.52. The van der Waals surface area contributed by atoms with Gasteiger partial charge in [0.05, 0.1) is 6.10 Å². The minimum Gasteiger partial charge on any atom is -0.480 e. The van der Waals surface area contributed by atoms with E-state index in [9.17, 15) is 23.9 Å². The van der Waals surface area contributed by atoms with E-state index in [1.165, 1.54) is 6.07 Å². The molecule has 12 heteroatoms. The molecule has 2 heterocycles. The SMILES string of the molecule is CC(C)OC(=O)OC(Cc1ccccc1)OC(=O)C1(C(=O)O)CCN(Cc2ccc(-c3noc(-c4ccc(-c5ccccc5)c(F)c4)n3)cc2)CC1. The molecule has 1 atom stereocenters. The molecular weight excluding hydrogens is 669 g/mol. The molecular formula is C40H38FN3O8. The molecule has 0 aliphatic carbocycles. The Bertz CT molecular complexity index is 1990. The number of rotatable bonds is 12. The molecule has 1 aliphatic rings. The number of carbonyl (C=O) groups excluding carboxylic acids is 2. The molecule has 52 heavy (non-hydrogen) atoms. The van der Waals surface area contributed by atoms with Crippen LogP contribution in [0.1, 0.15) is 37.8 Å². The number of aliphatic carboxylic acids is 1. The quantitative estimate of drug-likeness (QED) is 0.0781. The zero-order chi connectivity index (χ0) is 36.7. The van der Waals surface area contributed by atoms with Crippen molar-refractivity contribution in [3.05, 3.63) is 120 Å². The van der Waals surface area contributed by atoms with Gasteiger partial charge < -0.3 is 23.8 Å². The van der Waals surface area contributed by atoms with Gasteiger partial charge >= 0.3 is 18.1 Å². The topological polar surface area (TPSA) is 141 Å². The number of benzene rings is 4. The summed E-state index contributed by atoms with van der Waals surface area (Å²) >= 11 is 0. The number of carboxylic acid groups (broad SMARTS) is 1. The molecule has 1 N–H and O–H groups in total. The third-order valence-electron chi connectivity index (χ3n) is 8.90. The predicted molar refractivity (Wildman–Crippen MR) is 188 cm³/mol. The van der Waals surface area contributed by atoms with Gasteiger partial charge in [-0.15, -0.1) is 0 Å². The highest BCUT2D eigenvalue weighted by Crippen LogP contribution is 2.35. The number of aromatic nitrogens is 2. The van der Waals surface area contributed by atoms with Crippen LogP contribution in [0.5, 0.6) is 0 Å². The molecule has 1 saturated heterocycles. The number of nitrogens with zero attached hydrogens (tertiary/aromatic N) is 3. The van der Waals surface area contributed by atoms with E-state index in [1.807, 2.05) is 60.7 Å². The van der Waals surface area contributed by atoms with Crippen LogP contribution in [-0.2, 0) is 36.8 Å². The number of carbonyl (C=O) groups is 3. The van der Waals surface area contributed by atoms with E-state index < -0.39 is 41.7 Å². The third-order valence-corrected chi connectivity index (χ3v) is 8.90. The van der Waals surface area contributed by atoms with Crippen molar-refractivity contribution in [2.45, 2.75) is 52.0 Å². The van der Waals surface area contributed by atoms with E-state index in [1.54, 1.807) is 50.2 Å². The molecule has 0 radical (unpaired) electrons. The fourth-order valence-corrected chi connectivity index (χ4v) is 6.05. The van der Waals surface area contributed by atoms with E-state index in [0.717, 1.165) is 16.7 Å². The number of halogens is 1. The van der Waals surface area contributed by atoms with Crippen LogP contribution in [0, 0.1) is 11.2 Å². The first-order chi connectivity index (χ1) is 25.1. The summed E-state index contributed by atoms with van der Waals surface area (Å²) in [4.78, 5) is 44.9. The zero-order valence-corrected chi connectivity index (χ0v) is 28.7. The molecule has 268 valence electrons. The lowest BCUT2D eigenvalue weighted by molar-refractivity contribution is -0.191. The van der Waals surface area contributed by atoms with Gasteiger partial charge in [0.1, 0.15) is 5.82 Å². The molecule has 11 nitrogen and oxygen atoms in total. The summed E-state index contributed by atoms with van der Waals surface area (Å²) in [5, 5.41) is 14.3. The second-order valence-corrected chi connectivity index (χ2v) is 12.9. The second kappa shape index (κ2) is 16.0. The predicted octanol–water partition coefficient (Wildman–Crippen LogP) is 7.55. The smallest absolute Gasteiger partial charge is 0.480 e. The maximum Gasteiger partial charge on any atom is 0.511 e. The molecule has 5 aromatic rings. The number of likely N-dealkylation sites (tertiary alicyclic amines) is 1. The number of piperidine rings is 1. The van der Waals surface area contributed by atoms with Crippen molar-refractivity contribution in [1.29, 1.82) is 0 Å². The lowest BCUT2D eigenvalue weighted by Gasteiger charge is -2.37. The van der Waals surface area contributed by atoms with Crippen LogP contribution >= 0.6 is 0 Å². The Kier molecular flexibility index (Phi) is 11.0. The molecule has 1 fully saturated rings. The first-order valence-electron chi connectivity index (χ1n) is 17.0. The lowest BCUT2D eigenvalue weighted by Crippen LogP contribution is -2.50. The van der Waals surface area contributed by atoms with Gasteiger partial charge in [-0.3, -0.25) is 14.5 Å². The van der Waals surface area contributed by atoms with Gasteiger partial charge in [-0.25, -0.2) is 9.18 Å². The molecule has 0 saturated carbocycles. The maximum atomic E-state index is 14.9. The van der Waals surface area contributed by atoms with Crippen molar-refractivity contribution in [3.63, 3.8) is 0 Å². The summed E-state index contributed by atoms with van der Waals surface area (Å²) in [6.45, 7) is 4.45. The Morgan fingerprint density at radius 1 is 0.827 bits per heavy atom. The summed E-state index contributed by atoms with van der Waals surface area (Å²) in [6, 6.07) is 30.6. The van der Waals surface area contributed by atoms with Crippen LogP contribution in [0.4, 0.5) is 9.18 Å². The van der Waals surface area contributed by atoms with Gasteiger partial charge in [-0.2, -0.15) is 4.98 Å². The monoisotopic (exact) mass is 707 g/mol. The van der Waals surface area contributed by atoms with Crippen molar-refractivity contribution in [2.24, 2.45) is 5.41 Å². The van der Waals surface area contributed by atoms with Gasteiger partial charge in [0.15, 0.2) is 5.41 Å². The van der Waals surface area contributed by atoms with Crippen LogP contribution in [0.3, 0.4) is 0 Å². The van der Waals surface area contributed by atoms with Gasteiger partial charge in [-0.05, 0) is 55.5 Å². The Balaban J connectivity index is 1.07. The van der Waals surface area contributed by atoms with E-state index >= 15 is 0 Å². The van der Waals surface area contributed by atoms with Gasteiger partial charge in [0.2, 0.25) is 5.82 Å². The van der Waals surface area contributed by atoms with Crippen LogP contribution in [-0.4, -0.2) is 63.7 Å². The van der Waals surface area contributed by atoms with Crippen molar-refractivity contribution < 1.29 is 42.6 Å². The van der Waals surface area contributed by atoms with Crippen LogP contribution in [0.2, 0.25) is 0 Å². The molecule has 1 aromatic heterocycles. The highest BCUT2D eigenvalue weighted by molar-refractivity contribution is 5.99. The van der Waals surface area contributed by atoms with Crippen LogP contribution in [0.25, 0.3) is 34.0 Å². The first kappa shape index (κ1) is 35.9. The highest BCUT2D eigenvalue weighted by Gasteiger charge is 2.50. The number of carboxylic acids is 1. The minimum absolute atomic E-state index is 0.00626. The van der Waals surface area contributed by atoms with E-state index in [2.05, 4.69) is 15.0 Å². The Labute approximate surface area is 299 Å². The summed E-state index contributed by atoms with van der Waals surface area (Å²) in [5.74, 6) is -2.10. The highest BCUT2D eigenvalue weighted by atomic mass is 19.1. The number of hydrogen-bond acceptors (Lipinski definition) is 10. The van der Waals surface area contributed by atoms with Crippen molar-refractivity contribution >= 4 is 18.1 Å². The van der Waals surface area contributed by atoms with Crippen LogP contribution in [0.15, 0.2) is 108 Å². The summed E-state index contributed by atoms with van der Waals surface area (Å²) in [7, 11) is 0. The number of esters is 1. The summed E-state index contributed by atoms with van der Waals surface area (Å²) in [6.07, 6.45) is -2.80. The van der Waals surface area contributed by atoms with Crippen molar-refractivity contribution in [2.75, 3.05) is 13.1 Å². The average Bonchev–Trinajstić information content (AvgIpc) is 3.63. The molecule has 0 spiro atoms. The first-order valence-corrected chi connectivity index (χ1v) is 17.0. The van der Waals surface area contributed by atoms with Gasteiger partial charge in [-0.1, -0.05) is 96.2 Å². The van der Waals surface area contributed by atoms with Gasteiger partial charge in [0, 0.05) is 42.7 Å². The van der Waals surface area contributed by atoms with Gasteiger partial charge in [0.25, 0.3) is 12.2 Å². The van der Waals surface area contributed by atoms with Crippen molar-refractivity contribution in [1.82, 2.24) is 15.0 Å².